The lowest BCUT2D eigenvalue weighted by atomic mass is 10.1. The molecule has 0 aliphatic carbocycles. The van der Waals surface area contributed by atoms with Crippen LogP contribution in [0.2, 0.25) is 0 Å². The SMILES string of the molecule is Cl.Cl.N[C@@H]1CCO[C@@H](CO)C1.N[C@H]1CCO[C@H](CO)C1. The highest BCUT2D eigenvalue weighted by molar-refractivity contribution is 5.85. The van der Waals surface area contributed by atoms with E-state index >= 15 is 0 Å². The van der Waals surface area contributed by atoms with Crippen LogP contribution in [0.5, 0.6) is 0 Å². The number of halogens is 2. The first-order valence-electron chi connectivity index (χ1n) is 6.61. The molecule has 0 amide bonds. The van der Waals surface area contributed by atoms with Gasteiger partial charge in [-0.2, -0.15) is 0 Å². The van der Waals surface area contributed by atoms with Gasteiger partial charge in [-0.05, 0) is 25.7 Å². The molecule has 6 nitrogen and oxygen atoms in total. The minimum absolute atomic E-state index is 0. The van der Waals surface area contributed by atoms with Crippen molar-refractivity contribution in [1.82, 2.24) is 0 Å². The van der Waals surface area contributed by atoms with Crippen LogP contribution in [-0.2, 0) is 9.47 Å². The van der Waals surface area contributed by atoms with E-state index in [1.165, 1.54) is 0 Å². The second-order valence-electron chi connectivity index (χ2n) is 4.92. The molecule has 0 aromatic carbocycles. The predicted molar refractivity (Wildman–Crippen MR) is 82.6 cm³/mol. The maximum atomic E-state index is 8.63. The quantitative estimate of drug-likeness (QED) is 0.557. The fourth-order valence-electron chi connectivity index (χ4n) is 2.07. The Bertz CT molecular complexity index is 206. The summed E-state index contributed by atoms with van der Waals surface area (Å²) in [5, 5.41) is 17.3. The molecule has 0 bridgehead atoms. The lowest BCUT2D eigenvalue weighted by molar-refractivity contribution is -0.0238. The molecule has 2 aliphatic rings. The van der Waals surface area contributed by atoms with Crippen LogP contribution in [0.25, 0.3) is 0 Å². The second kappa shape index (κ2) is 13.0. The van der Waals surface area contributed by atoms with Crippen molar-refractivity contribution in [3.63, 3.8) is 0 Å². The highest BCUT2D eigenvalue weighted by Gasteiger charge is 2.18. The molecule has 20 heavy (non-hydrogen) atoms. The average molecular weight is 335 g/mol. The first-order chi connectivity index (χ1) is 8.65. The summed E-state index contributed by atoms with van der Waals surface area (Å²) < 4.78 is 10.3. The van der Waals surface area contributed by atoms with Crippen molar-refractivity contribution in [2.75, 3.05) is 26.4 Å². The molecule has 0 radical (unpaired) electrons. The number of hydrogen-bond donors (Lipinski definition) is 4. The van der Waals surface area contributed by atoms with Crippen molar-refractivity contribution in [3.05, 3.63) is 0 Å². The van der Waals surface area contributed by atoms with Gasteiger partial charge in [-0.1, -0.05) is 0 Å². The zero-order valence-electron chi connectivity index (χ0n) is 11.6. The monoisotopic (exact) mass is 334 g/mol. The van der Waals surface area contributed by atoms with E-state index < -0.39 is 0 Å². The Labute approximate surface area is 133 Å². The molecule has 124 valence electrons. The van der Waals surface area contributed by atoms with Crippen molar-refractivity contribution in [1.29, 1.82) is 0 Å². The van der Waals surface area contributed by atoms with Crippen molar-refractivity contribution in [2.45, 2.75) is 50.0 Å². The van der Waals surface area contributed by atoms with E-state index in [4.69, 9.17) is 31.2 Å². The van der Waals surface area contributed by atoms with Crippen LogP contribution in [0.1, 0.15) is 25.7 Å². The molecule has 0 aromatic rings. The third kappa shape index (κ3) is 9.31. The van der Waals surface area contributed by atoms with Gasteiger partial charge < -0.3 is 31.2 Å². The molecule has 2 fully saturated rings. The molecule has 2 rings (SSSR count). The van der Waals surface area contributed by atoms with Gasteiger partial charge in [0.05, 0.1) is 25.4 Å². The molecule has 4 atom stereocenters. The molecule has 8 heteroatoms. The number of hydrogen-bond acceptors (Lipinski definition) is 6. The number of nitrogens with two attached hydrogens (primary N) is 2. The molecule has 2 saturated heterocycles. The van der Waals surface area contributed by atoms with E-state index in [1.807, 2.05) is 0 Å². The number of ether oxygens (including phenoxy) is 2. The Morgan fingerprint density at radius 3 is 1.35 bits per heavy atom. The van der Waals surface area contributed by atoms with E-state index in [2.05, 4.69) is 0 Å². The predicted octanol–water partition coefficient (Wildman–Crippen LogP) is -0.186. The van der Waals surface area contributed by atoms with E-state index in [-0.39, 0.29) is 62.3 Å². The third-order valence-corrected chi connectivity index (χ3v) is 3.22. The van der Waals surface area contributed by atoms with Gasteiger partial charge in [-0.3, -0.25) is 0 Å². The third-order valence-electron chi connectivity index (χ3n) is 3.22. The van der Waals surface area contributed by atoms with Crippen molar-refractivity contribution < 1.29 is 19.7 Å². The number of aliphatic hydroxyl groups is 2. The van der Waals surface area contributed by atoms with Gasteiger partial charge in [0.2, 0.25) is 0 Å². The standard InChI is InChI=1S/2C6H13NO2.2ClH/c2*7-5-1-2-9-6(3-5)4-8;;/h2*5-6,8H,1-4,7H2;2*1H/t2*5-,6-;;/m10../s1. The van der Waals surface area contributed by atoms with Crippen LogP contribution in [0, 0.1) is 0 Å². The molecule has 6 N–H and O–H groups in total. The van der Waals surface area contributed by atoms with E-state index in [0.717, 1.165) is 25.7 Å². The van der Waals surface area contributed by atoms with Crippen LogP contribution < -0.4 is 11.5 Å². The lowest BCUT2D eigenvalue weighted by Gasteiger charge is -2.25. The first-order valence-corrected chi connectivity index (χ1v) is 6.61. The molecule has 2 aliphatic heterocycles. The summed E-state index contributed by atoms with van der Waals surface area (Å²) in [5.41, 5.74) is 11.2. The molecule has 0 unspecified atom stereocenters. The second-order valence-corrected chi connectivity index (χ2v) is 4.92. The minimum Gasteiger partial charge on any atom is -0.394 e. The van der Waals surface area contributed by atoms with Crippen molar-refractivity contribution in [2.24, 2.45) is 11.5 Å². The summed E-state index contributed by atoms with van der Waals surface area (Å²) in [7, 11) is 0. The topological polar surface area (TPSA) is 111 Å². The summed E-state index contributed by atoms with van der Waals surface area (Å²) in [4.78, 5) is 0. The van der Waals surface area contributed by atoms with Crippen LogP contribution in [-0.4, -0.2) is 60.9 Å². The van der Waals surface area contributed by atoms with Crippen molar-refractivity contribution in [3.8, 4) is 0 Å². The molecule has 2 heterocycles. The average Bonchev–Trinajstić information content (AvgIpc) is 2.39. The maximum Gasteiger partial charge on any atom is 0.0820 e. The molecule has 0 aromatic heterocycles. The van der Waals surface area contributed by atoms with Gasteiger partial charge in [0.25, 0.3) is 0 Å². The zero-order valence-corrected chi connectivity index (χ0v) is 13.3. The minimum atomic E-state index is -0.00579. The summed E-state index contributed by atoms with van der Waals surface area (Å²) >= 11 is 0. The zero-order chi connectivity index (χ0) is 13.4. The van der Waals surface area contributed by atoms with E-state index in [9.17, 15) is 0 Å². The van der Waals surface area contributed by atoms with Crippen LogP contribution >= 0.6 is 24.8 Å². The van der Waals surface area contributed by atoms with Gasteiger partial charge in [-0.25, -0.2) is 0 Å². The smallest absolute Gasteiger partial charge is 0.0820 e. The normalized spacial score (nSPS) is 33.0. The van der Waals surface area contributed by atoms with Gasteiger partial charge in [0.1, 0.15) is 0 Å². The first kappa shape index (κ1) is 22.6. The molecule has 0 spiro atoms. The number of rotatable bonds is 2. The Hall–Kier alpha value is 0.340. The summed E-state index contributed by atoms with van der Waals surface area (Å²) in [6.07, 6.45) is 3.45. The number of aliphatic hydroxyl groups excluding tert-OH is 2. The fraction of sp³-hybridized carbons (Fsp3) is 1.00. The van der Waals surface area contributed by atoms with Crippen LogP contribution in [0.4, 0.5) is 0 Å². The van der Waals surface area contributed by atoms with Gasteiger partial charge in [-0.15, -0.1) is 24.8 Å². The maximum absolute atomic E-state index is 8.63. The summed E-state index contributed by atoms with van der Waals surface area (Å²) in [6, 6.07) is 0.465. The molecular weight excluding hydrogens is 307 g/mol. The van der Waals surface area contributed by atoms with Gasteiger partial charge in [0, 0.05) is 25.3 Å². The Morgan fingerprint density at radius 2 is 1.15 bits per heavy atom. The van der Waals surface area contributed by atoms with E-state index in [1.54, 1.807) is 0 Å². The molecule has 0 saturated carbocycles. The summed E-state index contributed by atoms with van der Waals surface area (Å²) in [5.74, 6) is 0. The molecular formula is C12H28Cl2N2O4. The Morgan fingerprint density at radius 1 is 0.800 bits per heavy atom. The van der Waals surface area contributed by atoms with E-state index in [0.29, 0.717) is 13.2 Å². The van der Waals surface area contributed by atoms with Crippen LogP contribution in [0.15, 0.2) is 0 Å². The highest BCUT2D eigenvalue weighted by Crippen LogP contribution is 2.11. The van der Waals surface area contributed by atoms with Crippen LogP contribution in [0.3, 0.4) is 0 Å². The van der Waals surface area contributed by atoms with Gasteiger partial charge in [0.15, 0.2) is 0 Å². The summed E-state index contributed by atoms with van der Waals surface area (Å²) in [6.45, 7) is 1.61. The Kier molecular flexibility index (Phi) is 14.7. The highest BCUT2D eigenvalue weighted by atomic mass is 35.5. The van der Waals surface area contributed by atoms with Crippen molar-refractivity contribution >= 4 is 24.8 Å². The van der Waals surface area contributed by atoms with Gasteiger partial charge >= 0.3 is 0 Å². The fourth-order valence-corrected chi connectivity index (χ4v) is 2.07. The Balaban J connectivity index is 0. The largest absolute Gasteiger partial charge is 0.394 e. The lowest BCUT2D eigenvalue weighted by Crippen LogP contribution is -2.36.